The van der Waals surface area contributed by atoms with E-state index in [-0.39, 0.29) is 16.3 Å². The minimum absolute atomic E-state index is 0.0626. The summed E-state index contributed by atoms with van der Waals surface area (Å²) in [6.07, 6.45) is 1.02. The van der Waals surface area contributed by atoms with E-state index in [1.54, 1.807) is 0 Å². The van der Waals surface area contributed by atoms with Gasteiger partial charge in [-0.3, -0.25) is 4.72 Å². The molecule has 0 bridgehead atoms. The van der Waals surface area contributed by atoms with E-state index in [9.17, 15) is 17.2 Å². The van der Waals surface area contributed by atoms with Gasteiger partial charge in [-0.1, -0.05) is 0 Å². The number of nitrogens with zero attached hydrogens (tertiary/aromatic N) is 1. The average molecular weight is 300 g/mol. The molecule has 106 valence electrons. The summed E-state index contributed by atoms with van der Waals surface area (Å²) in [6, 6.07) is 5.44. The Kier molecular flexibility index (Phi) is 3.84. The molecule has 5 nitrogen and oxygen atoms in total. The zero-order valence-corrected chi connectivity index (χ0v) is 11.1. The number of hydrogen-bond acceptors (Lipinski definition) is 4. The first kappa shape index (κ1) is 14.2. The van der Waals surface area contributed by atoms with Crippen LogP contribution in [0.5, 0.6) is 5.75 Å². The molecule has 0 radical (unpaired) electrons. The maximum atomic E-state index is 13.5. The van der Waals surface area contributed by atoms with Crippen LogP contribution in [0.25, 0.3) is 0 Å². The molecule has 2 rings (SSSR count). The molecule has 1 aromatic heterocycles. The van der Waals surface area contributed by atoms with Gasteiger partial charge in [0, 0.05) is 0 Å². The Morgan fingerprint density at radius 2 is 1.95 bits per heavy atom. The lowest BCUT2D eigenvalue weighted by atomic mass is 10.3. The van der Waals surface area contributed by atoms with E-state index in [0.717, 1.165) is 18.3 Å². The van der Waals surface area contributed by atoms with Crippen molar-refractivity contribution in [2.75, 3.05) is 11.8 Å². The number of hydrogen-bond donors (Lipinski definition) is 1. The van der Waals surface area contributed by atoms with Gasteiger partial charge in [0.15, 0.2) is 11.6 Å². The van der Waals surface area contributed by atoms with E-state index in [1.807, 2.05) is 0 Å². The van der Waals surface area contributed by atoms with E-state index in [1.165, 1.54) is 25.3 Å². The van der Waals surface area contributed by atoms with Crippen molar-refractivity contribution in [2.24, 2.45) is 0 Å². The molecule has 0 amide bonds. The van der Waals surface area contributed by atoms with Gasteiger partial charge in [0.2, 0.25) is 5.95 Å². The van der Waals surface area contributed by atoms with Crippen LogP contribution in [0.3, 0.4) is 0 Å². The van der Waals surface area contributed by atoms with Crippen molar-refractivity contribution in [3.63, 3.8) is 0 Å². The van der Waals surface area contributed by atoms with Crippen LogP contribution < -0.4 is 9.46 Å². The van der Waals surface area contributed by atoms with Crippen molar-refractivity contribution in [3.05, 3.63) is 48.3 Å². The highest BCUT2D eigenvalue weighted by Gasteiger charge is 2.17. The number of methoxy groups -OCH3 is 1. The molecule has 0 fully saturated rings. The molecule has 0 atom stereocenters. The third-order valence-corrected chi connectivity index (χ3v) is 3.79. The second-order valence-corrected chi connectivity index (χ2v) is 5.45. The molecule has 0 aliphatic heterocycles. The SMILES string of the molecule is COc1ccc(S(=O)(=O)Nc2ccc(F)nc2)cc1F. The molecule has 0 aliphatic rings. The zero-order valence-electron chi connectivity index (χ0n) is 10.3. The molecule has 0 saturated heterocycles. The van der Waals surface area contributed by atoms with Crippen LogP contribution in [0, 0.1) is 11.8 Å². The molecular weight excluding hydrogens is 290 g/mol. The van der Waals surface area contributed by atoms with E-state index in [0.29, 0.717) is 0 Å². The third kappa shape index (κ3) is 3.02. The largest absolute Gasteiger partial charge is 0.494 e. The van der Waals surface area contributed by atoms with E-state index >= 15 is 0 Å². The van der Waals surface area contributed by atoms with E-state index in [4.69, 9.17) is 4.74 Å². The molecule has 0 saturated carbocycles. The van der Waals surface area contributed by atoms with Crippen molar-refractivity contribution in [1.29, 1.82) is 0 Å². The monoisotopic (exact) mass is 300 g/mol. The number of sulfonamides is 1. The molecule has 1 heterocycles. The van der Waals surface area contributed by atoms with Crippen LogP contribution in [0.15, 0.2) is 41.4 Å². The van der Waals surface area contributed by atoms with Crippen LogP contribution in [0.1, 0.15) is 0 Å². The van der Waals surface area contributed by atoms with E-state index < -0.39 is 21.8 Å². The van der Waals surface area contributed by atoms with Gasteiger partial charge < -0.3 is 4.74 Å². The minimum atomic E-state index is -3.98. The molecule has 0 spiro atoms. The Morgan fingerprint density at radius 1 is 1.20 bits per heavy atom. The molecule has 0 unspecified atom stereocenters. The standard InChI is InChI=1S/C12H10F2N2O3S/c1-19-11-4-3-9(6-10(11)13)20(17,18)16-8-2-5-12(14)15-7-8/h2-7,16H,1H3. The number of anilines is 1. The predicted octanol–water partition coefficient (Wildman–Crippen LogP) is 2.17. The molecule has 1 aromatic carbocycles. The quantitative estimate of drug-likeness (QED) is 0.879. The Balaban J connectivity index is 2.30. The number of aromatic nitrogens is 1. The number of benzene rings is 1. The van der Waals surface area contributed by atoms with Gasteiger partial charge in [0.05, 0.1) is 23.9 Å². The maximum absolute atomic E-state index is 13.5. The van der Waals surface area contributed by atoms with Gasteiger partial charge in [-0.15, -0.1) is 0 Å². The second-order valence-electron chi connectivity index (χ2n) is 3.77. The molecule has 8 heteroatoms. The van der Waals surface area contributed by atoms with Gasteiger partial charge in [-0.25, -0.2) is 17.8 Å². The van der Waals surface area contributed by atoms with Gasteiger partial charge in [0.25, 0.3) is 10.0 Å². The highest BCUT2D eigenvalue weighted by atomic mass is 32.2. The predicted molar refractivity (Wildman–Crippen MR) is 68.0 cm³/mol. The highest BCUT2D eigenvalue weighted by Crippen LogP contribution is 2.22. The first-order valence-corrected chi connectivity index (χ1v) is 6.88. The van der Waals surface area contributed by atoms with Crippen LogP contribution in [-0.4, -0.2) is 20.5 Å². The molecule has 0 aliphatic carbocycles. The Morgan fingerprint density at radius 3 is 2.50 bits per heavy atom. The lowest BCUT2D eigenvalue weighted by Crippen LogP contribution is -2.13. The van der Waals surface area contributed by atoms with Crippen molar-refractivity contribution in [1.82, 2.24) is 4.98 Å². The fraction of sp³-hybridized carbons (Fsp3) is 0.0833. The number of nitrogens with one attached hydrogen (secondary N) is 1. The van der Waals surface area contributed by atoms with Crippen LogP contribution in [0.4, 0.5) is 14.5 Å². The van der Waals surface area contributed by atoms with Crippen LogP contribution in [0.2, 0.25) is 0 Å². The Bertz CT molecular complexity index is 718. The van der Waals surface area contributed by atoms with Crippen molar-refractivity contribution < 1.29 is 21.9 Å². The fourth-order valence-electron chi connectivity index (χ4n) is 1.46. The van der Waals surface area contributed by atoms with Gasteiger partial charge in [-0.05, 0) is 30.3 Å². The second kappa shape index (κ2) is 5.41. The topological polar surface area (TPSA) is 68.3 Å². The molecule has 2 aromatic rings. The summed E-state index contributed by atoms with van der Waals surface area (Å²) in [5.74, 6) is -1.59. The summed E-state index contributed by atoms with van der Waals surface area (Å²) in [5, 5.41) is 0. The van der Waals surface area contributed by atoms with E-state index in [2.05, 4.69) is 9.71 Å². The van der Waals surface area contributed by atoms with Gasteiger partial charge in [-0.2, -0.15) is 4.39 Å². The molecule has 20 heavy (non-hydrogen) atoms. The number of halogens is 2. The average Bonchev–Trinajstić information content (AvgIpc) is 2.41. The molecule has 1 N–H and O–H groups in total. The summed E-state index contributed by atoms with van der Waals surface area (Å²) >= 11 is 0. The fourth-order valence-corrected chi connectivity index (χ4v) is 2.52. The summed E-state index contributed by atoms with van der Waals surface area (Å²) in [7, 11) is -2.71. The van der Waals surface area contributed by atoms with Crippen molar-refractivity contribution in [3.8, 4) is 5.75 Å². The lowest BCUT2D eigenvalue weighted by Gasteiger charge is -2.09. The van der Waals surface area contributed by atoms with Gasteiger partial charge >= 0.3 is 0 Å². The lowest BCUT2D eigenvalue weighted by molar-refractivity contribution is 0.385. The van der Waals surface area contributed by atoms with Crippen molar-refractivity contribution in [2.45, 2.75) is 4.90 Å². The summed E-state index contributed by atoms with van der Waals surface area (Å²) < 4.78 is 57.0. The first-order chi connectivity index (χ1) is 9.42. The first-order valence-electron chi connectivity index (χ1n) is 5.40. The normalized spacial score (nSPS) is 11.2. The van der Waals surface area contributed by atoms with Crippen LogP contribution >= 0.6 is 0 Å². The highest BCUT2D eigenvalue weighted by molar-refractivity contribution is 7.92. The summed E-state index contributed by atoms with van der Waals surface area (Å²) in [6.45, 7) is 0. The molecular formula is C12H10F2N2O3S. The van der Waals surface area contributed by atoms with Crippen molar-refractivity contribution >= 4 is 15.7 Å². The minimum Gasteiger partial charge on any atom is -0.494 e. The number of pyridine rings is 1. The Hall–Kier alpha value is -2.22. The summed E-state index contributed by atoms with van der Waals surface area (Å²) in [5.41, 5.74) is 0.0719. The maximum Gasteiger partial charge on any atom is 0.262 e. The zero-order chi connectivity index (χ0) is 14.8. The number of ether oxygens (including phenoxy) is 1. The smallest absolute Gasteiger partial charge is 0.262 e. The number of rotatable bonds is 4. The van der Waals surface area contributed by atoms with Crippen LogP contribution in [-0.2, 0) is 10.0 Å². The Labute approximate surface area is 114 Å². The summed E-state index contributed by atoms with van der Waals surface area (Å²) in [4.78, 5) is 3.04. The third-order valence-electron chi connectivity index (χ3n) is 2.41. The van der Waals surface area contributed by atoms with Gasteiger partial charge in [0.1, 0.15) is 0 Å².